The third-order valence-corrected chi connectivity index (χ3v) is 5.91. The van der Waals surface area contributed by atoms with Crippen LogP contribution in [-0.4, -0.2) is 36.2 Å². The number of nitrogens with zero attached hydrogens (tertiary/aromatic N) is 5. The Morgan fingerprint density at radius 3 is 2.59 bits per heavy atom. The molecule has 5 rings (SSSR count). The maximum Gasteiger partial charge on any atom is 0.182 e. The third-order valence-electron chi connectivity index (χ3n) is 5.91. The van der Waals surface area contributed by atoms with Crippen molar-refractivity contribution in [1.82, 2.24) is 30.1 Å². The van der Waals surface area contributed by atoms with Crippen molar-refractivity contribution < 1.29 is 13.5 Å². The van der Waals surface area contributed by atoms with E-state index in [9.17, 15) is 8.78 Å². The van der Waals surface area contributed by atoms with Gasteiger partial charge in [0.15, 0.2) is 5.65 Å². The molecule has 0 saturated carbocycles. The van der Waals surface area contributed by atoms with Crippen molar-refractivity contribution in [1.29, 1.82) is 0 Å². The highest BCUT2D eigenvalue weighted by Gasteiger charge is 2.32. The second-order valence-corrected chi connectivity index (χ2v) is 8.26. The maximum absolute atomic E-state index is 14.7. The van der Waals surface area contributed by atoms with Crippen LogP contribution in [0.3, 0.4) is 0 Å². The molecule has 0 aliphatic carbocycles. The molecule has 4 aromatic rings. The van der Waals surface area contributed by atoms with E-state index in [0.29, 0.717) is 41.2 Å². The molecule has 1 N–H and O–H groups in total. The van der Waals surface area contributed by atoms with Crippen molar-refractivity contribution in [3.05, 3.63) is 65.0 Å². The first-order valence-corrected chi connectivity index (χ1v) is 10.5. The summed E-state index contributed by atoms with van der Waals surface area (Å²) in [6.07, 6.45) is 4.75. The van der Waals surface area contributed by atoms with E-state index < -0.39 is 11.6 Å². The van der Waals surface area contributed by atoms with Crippen molar-refractivity contribution >= 4 is 11.2 Å². The van der Waals surface area contributed by atoms with E-state index in [0.717, 1.165) is 17.3 Å². The minimum Gasteiger partial charge on any atom is -0.370 e. The summed E-state index contributed by atoms with van der Waals surface area (Å²) in [6, 6.07) is 3.45. The minimum absolute atomic E-state index is 0.0233. The first kappa shape index (κ1) is 20.6. The molecule has 0 spiro atoms. The number of H-pyrrole nitrogens is 1. The normalized spacial score (nSPS) is 21.2. The van der Waals surface area contributed by atoms with E-state index in [1.165, 1.54) is 12.1 Å². The number of aromatic nitrogens is 6. The lowest BCUT2D eigenvalue weighted by atomic mass is 9.89. The summed E-state index contributed by atoms with van der Waals surface area (Å²) in [6.45, 7) is 5.69. The molecule has 1 aliphatic heterocycles. The zero-order valence-corrected chi connectivity index (χ0v) is 17.9. The van der Waals surface area contributed by atoms with Crippen LogP contribution >= 0.6 is 0 Å². The molecular weight excluding hydrogens is 414 g/mol. The van der Waals surface area contributed by atoms with Gasteiger partial charge in [0.2, 0.25) is 0 Å². The zero-order chi connectivity index (χ0) is 22.4. The van der Waals surface area contributed by atoms with Gasteiger partial charge in [-0.15, -0.1) is 0 Å². The van der Waals surface area contributed by atoms with Gasteiger partial charge in [-0.1, -0.05) is 0 Å². The Labute approximate surface area is 183 Å². The summed E-state index contributed by atoms with van der Waals surface area (Å²) in [5.74, 6) is -0.831. The Bertz CT molecular complexity index is 1290. The zero-order valence-electron chi connectivity index (χ0n) is 17.9. The molecule has 32 heavy (non-hydrogen) atoms. The molecule has 1 fully saturated rings. The van der Waals surface area contributed by atoms with Gasteiger partial charge in [0, 0.05) is 29.3 Å². The molecule has 1 aromatic carbocycles. The number of benzene rings is 1. The Morgan fingerprint density at radius 1 is 1.03 bits per heavy atom. The number of aryl methyl sites for hydroxylation is 2. The third kappa shape index (κ3) is 3.73. The van der Waals surface area contributed by atoms with Crippen LogP contribution < -0.4 is 0 Å². The standard InChI is InChI=1S/C23H22F2N6O/c1-11-6-14(7-19(32-11)15-9-26-27-10-15)22-30-20(17-5-4-16(24)8-18(17)25)21-23(31-22)29-13(3)12(2)28-21/h4-5,8-11,14,19H,6-7H2,1-3H3,(H,26,27)/t11-,14-,19+/m0/s1. The molecule has 164 valence electrons. The first-order chi connectivity index (χ1) is 15.4. The van der Waals surface area contributed by atoms with Crippen molar-refractivity contribution in [2.24, 2.45) is 0 Å². The van der Waals surface area contributed by atoms with Crippen LogP contribution in [0.1, 0.15) is 54.6 Å². The summed E-state index contributed by atoms with van der Waals surface area (Å²) in [5, 5.41) is 6.84. The molecule has 0 bridgehead atoms. The SMILES string of the molecule is Cc1nc2nc([C@H]3C[C@H](C)O[C@@H](c4cn[nH]c4)C3)nc(-c3ccc(F)cc3F)c2nc1C. The second kappa shape index (κ2) is 7.98. The van der Waals surface area contributed by atoms with E-state index >= 15 is 0 Å². The monoisotopic (exact) mass is 436 g/mol. The number of aromatic amines is 1. The van der Waals surface area contributed by atoms with Crippen LogP contribution in [0.2, 0.25) is 0 Å². The fourth-order valence-corrected chi connectivity index (χ4v) is 4.19. The summed E-state index contributed by atoms with van der Waals surface area (Å²) in [7, 11) is 0. The molecule has 0 radical (unpaired) electrons. The number of hydrogen-bond acceptors (Lipinski definition) is 6. The molecule has 3 aromatic heterocycles. The molecule has 1 saturated heterocycles. The quantitative estimate of drug-likeness (QED) is 0.499. The first-order valence-electron chi connectivity index (χ1n) is 10.5. The fourth-order valence-electron chi connectivity index (χ4n) is 4.19. The van der Waals surface area contributed by atoms with Crippen molar-refractivity contribution in [3.63, 3.8) is 0 Å². The van der Waals surface area contributed by atoms with Crippen LogP contribution in [0.5, 0.6) is 0 Å². The average Bonchev–Trinajstić information content (AvgIpc) is 3.29. The topological polar surface area (TPSA) is 89.5 Å². The number of nitrogens with one attached hydrogen (secondary N) is 1. The molecule has 0 unspecified atom stereocenters. The lowest BCUT2D eigenvalue weighted by Gasteiger charge is -2.33. The van der Waals surface area contributed by atoms with Crippen molar-refractivity contribution in [2.45, 2.75) is 51.7 Å². The van der Waals surface area contributed by atoms with E-state index in [2.05, 4.69) is 20.2 Å². The molecule has 4 heterocycles. The van der Waals surface area contributed by atoms with Crippen LogP contribution in [-0.2, 0) is 4.74 Å². The fraction of sp³-hybridized carbons (Fsp3) is 0.348. The maximum atomic E-state index is 14.7. The van der Waals surface area contributed by atoms with Crippen LogP contribution in [0.15, 0.2) is 30.6 Å². The predicted octanol–water partition coefficient (Wildman–Crippen LogP) is 4.73. The van der Waals surface area contributed by atoms with Crippen LogP contribution in [0.25, 0.3) is 22.4 Å². The number of halogens is 2. The molecule has 7 nitrogen and oxygen atoms in total. The Kier molecular flexibility index (Phi) is 5.13. The van der Waals surface area contributed by atoms with Gasteiger partial charge in [0.05, 0.1) is 29.8 Å². The van der Waals surface area contributed by atoms with Gasteiger partial charge in [0.25, 0.3) is 0 Å². The van der Waals surface area contributed by atoms with E-state index in [-0.39, 0.29) is 23.7 Å². The van der Waals surface area contributed by atoms with Gasteiger partial charge in [-0.25, -0.2) is 28.7 Å². The summed E-state index contributed by atoms with van der Waals surface area (Å²) in [4.78, 5) is 18.7. The average molecular weight is 436 g/mol. The molecule has 9 heteroatoms. The number of rotatable bonds is 3. The van der Waals surface area contributed by atoms with Crippen molar-refractivity contribution in [3.8, 4) is 11.3 Å². The van der Waals surface area contributed by atoms with Crippen LogP contribution in [0, 0.1) is 25.5 Å². The largest absolute Gasteiger partial charge is 0.370 e. The van der Waals surface area contributed by atoms with Gasteiger partial charge in [-0.3, -0.25) is 5.10 Å². The summed E-state index contributed by atoms with van der Waals surface area (Å²) < 4.78 is 34.4. The number of hydrogen-bond donors (Lipinski definition) is 1. The van der Waals surface area contributed by atoms with Crippen molar-refractivity contribution in [2.75, 3.05) is 0 Å². The van der Waals surface area contributed by atoms with E-state index in [4.69, 9.17) is 14.7 Å². The highest BCUT2D eigenvalue weighted by molar-refractivity contribution is 5.87. The summed E-state index contributed by atoms with van der Waals surface area (Å²) >= 11 is 0. The molecular formula is C23H22F2N6O. The van der Waals surface area contributed by atoms with Gasteiger partial charge in [0.1, 0.15) is 28.7 Å². The van der Waals surface area contributed by atoms with E-state index in [1.54, 1.807) is 6.20 Å². The van der Waals surface area contributed by atoms with Gasteiger partial charge >= 0.3 is 0 Å². The lowest BCUT2D eigenvalue weighted by molar-refractivity contribution is -0.0511. The Morgan fingerprint density at radius 2 is 1.84 bits per heavy atom. The molecule has 3 atom stereocenters. The van der Waals surface area contributed by atoms with Gasteiger partial charge in [-0.2, -0.15) is 5.10 Å². The number of fused-ring (bicyclic) bond motifs is 1. The Balaban J connectivity index is 1.66. The number of ether oxygens (including phenoxy) is 1. The van der Waals surface area contributed by atoms with Crippen LogP contribution in [0.4, 0.5) is 8.78 Å². The second-order valence-electron chi connectivity index (χ2n) is 8.26. The smallest absolute Gasteiger partial charge is 0.182 e. The van der Waals surface area contributed by atoms with Gasteiger partial charge < -0.3 is 4.74 Å². The minimum atomic E-state index is -0.701. The summed E-state index contributed by atoms with van der Waals surface area (Å²) in [5.41, 5.74) is 3.69. The highest BCUT2D eigenvalue weighted by Crippen LogP contribution is 2.40. The molecule has 0 amide bonds. The van der Waals surface area contributed by atoms with E-state index in [1.807, 2.05) is 27.0 Å². The Hall–Kier alpha value is -3.33. The van der Waals surface area contributed by atoms with Gasteiger partial charge in [-0.05, 0) is 45.7 Å². The highest BCUT2D eigenvalue weighted by atomic mass is 19.1. The molecule has 1 aliphatic rings. The predicted molar refractivity (Wildman–Crippen MR) is 114 cm³/mol. The lowest BCUT2D eigenvalue weighted by Crippen LogP contribution is -2.26.